The maximum absolute atomic E-state index is 2.53. The minimum absolute atomic E-state index is 0.597. The quantitative estimate of drug-likeness (QED) is 0.523. The molecule has 0 heteroatoms. The summed E-state index contributed by atoms with van der Waals surface area (Å²) in [5, 5.41) is 0. The Morgan fingerprint density at radius 3 is 1.62 bits per heavy atom. The van der Waals surface area contributed by atoms with Gasteiger partial charge in [-0.1, -0.05) is 43.6 Å². The van der Waals surface area contributed by atoms with Crippen molar-refractivity contribution in [2.75, 3.05) is 0 Å². The van der Waals surface area contributed by atoms with E-state index in [0.29, 0.717) is 10.8 Å². The Balaban J connectivity index is 2.08. The van der Waals surface area contributed by atoms with Gasteiger partial charge in [0.1, 0.15) is 0 Å². The van der Waals surface area contributed by atoms with E-state index in [1.165, 1.54) is 44.9 Å². The molecule has 0 bridgehead atoms. The molecule has 0 amide bonds. The lowest BCUT2D eigenvalue weighted by molar-refractivity contribution is 0.109. The first-order chi connectivity index (χ1) is 6.37. The molecule has 0 aromatic carbocycles. The summed E-state index contributed by atoms with van der Waals surface area (Å²) in [6.07, 6.45) is 19.8. The van der Waals surface area contributed by atoms with Crippen LogP contribution in [-0.2, 0) is 0 Å². The van der Waals surface area contributed by atoms with Crippen molar-refractivity contribution in [1.29, 1.82) is 0 Å². The fourth-order valence-electron chi connectivity index (χ4n) is 3.99. The maximum Gasteiger partial charge on any atom is -0.00241 e. The van der Waals surface area contributed by atoms with Gasteiger partial charge >= 0.3 is 0 Å². The van der Waals surface area contributed by atoms with Gasteiger partial charge in [0.15, 0.2) is 0 Å². The van der Waals surface area contributed by atoms with Crippen molar-refractivity contribution in [3.05, 3.63) is 24.3 Å². The summed E-state index contributed by atoms with van der Waals surface area (Å²) in [5.74, 6) is 0. The van der Waals surface area contributed by atoms with Gasteiger partial charge in [-0.3, -0.25) is 0 Å². The van der Waals surface area contributed by atoms with Gasteiger partial charge in [-0.25, -0.2) is 0 Å². The van der Waals surface area contributed by atoms with E-state index >= 15 is 0 Å². The van der Waals surface area contributed by atoms with Crippen LogP contribution in [-0.4, -0.2) is 0 Å². The number of hydrogen-bond donors (Lipinski definition) is 0. The zero-order valence-electron chi connectivity index (χ0n) is 8.26. The van der Waals surface area contributed by atoms with Gasteiger partial charge in [0.05, 0.1) is 0 Å². The lowest BCUT2D eigenvalue weighted by Gasteiger charge is -2.48. The van der Waals surface area contributed by atoms with Crippen molar-refractivity contribution in [2.24, 2.45) is 10.8 Å². The smallest absolute Gasteiger partial charge is 0.00241 e. The lowest BCUT2D eigenvalue weighted by atomic mass is 9.56. The van der Waals surface area contributed by atoms with E-state index in [1.807, 2.05) is 0 Å². The highest BCUT2D eigenvalue weighted by Crippen LogP contribution is 2.63. The summed E-state index contributed by atoms with van der Waals surface area (Å²) in [7, 11) is 0. The monoisotopic (exact) mass is 174 g/mol. The van der Waals surface area contributed by atoms with Crippen LogP contribution in [0.2, 0.25) is 0 Å². The van der Waals surface area contributed by atoms with Crippen molar-refractivity contribution in [2.45, 2.75) is 44.9 Å². The molecule has 3 aliphatic carbocycles. The van der Waals surface area contributed by atoms with Gasteiger partial charge in [0, 0.05) is 0 Å². The Labute approximate surface area is 80.7 Å². The zero-order chi connectivity index (χ0) is 8.78. The average molecular weight is 174 g/mol. The third-order valence-electron chi connectivity index (χ3n) is 4.67. The van der Waals surface area contributed by atoms with E-state index in [0.717, 1.165) is 0 Å². The Hall–Kier alpha value is -0.520. The van der Waals surface area contributed by atoms with Gasteiger partial charge < -0.3 is 0 Å². The third kappa shape index (κ3) is 0.868. The predicted octanol–water partition coefficient (Wildman–Crippen LogP) is 3.84. The normalized spacial score (nSPS) is 47.4. The molecule has 0 spiro atoms. The van der Waals surface area contributed by atoms with Crippen LogP contribution in [0.4, 0.5) is 0 Å². The molecular weight excluding hydrogens is 156 g/mol. The number of hydrogen-bond acceptors (Lipinski definition) is 0. The second-order valence-electron chi connectivity index (χ2n) is 5.09. The second kappa shape index (κ2) is 2.50. The molecule has 0 N–H and O–H groups in total. The van der Waals surface area contributed by atoms with Crippen LogP contribution in [0.5, 0.6) is 0 Å². The maximum atomic E-state index is 2.53. The second-order valence-corrected chi connectivity index (χ2v) is 5.09. The molecule has 70 valence electrons. The highest BCUT2D eigenvalue weighted by Gasteiger charge is 2.52. The van der Waals surface area contributed by atoms with E-state index in [9.17, 15) is 0 Å². The van der Waals surface area contributed by atoms with E-state index in [-0.39, 0.29) is 0 Å². The Kier molecular flexibility index (Phi) is 1.51. The van der Waals surface area contributed by atoms with Crippen LogP contribution in [0.15, 0.2) is 24.3 Å². The van der Waals surface area contributed by atoms with Crippen molar-refractivity contribution < 1.29 is 0 Å². The van der Waals surface area contributed by atoms with Gasteiger partial charge in [0.2, 0.25) is 0 Å². The molecule has 2 atom stereocenters. The van der Waals surface area contributed by atoms with Crippen LogP contribution >= 0.6 is 0 Å². The highest BCUT2D eigenvalue weighted by molar-refractivity contribution is 5.28. The lowest BCUT2D eigenvalue weighted by Crippen LogP contribution is -2.38. The SMILES string of the molecule is C1=C[C@@]23CCCC[C@]2(C=C1)CCC3. The minimum Gasteiger partial charge on any atom is -0.0775 e. The van der Waals surface area contributed by atoms with Gasteiger partial charge in [-0.15, -0.1) is 0 Å². The fraction of sp³-hybridized carbons (Fsp3) is 0.692. The summed E-state index contributed by atoms with van der Waals surface area (Å²) in [5.41, 5.74) is 1.19. The first-order valence-corrected chi connectivity index (χ1v) is 5.74. The summed E-state index contributed by atoms with van der Waals surface area (Å²) in [6.45, 7) is 0. The highest BCUT2D eigenvalue weighted by atomic mass is 14.6. The summed E-state index contributed by atoms with van der Waals surface area (Å²) < 4.78 is 0. The summed E-state index contributed by atoms with van der Waals surface area (Å²) in [4.78, 5) is 0. The standard InChI is InChI=1S/C13H18/c1-2-7-13-9-4-3-8-12(13,6-1)10-5-11-13/h1-2,6-7H,3-5,8-11H2/t12-,13+. The molecule has 0 saturated heterocycles. The molecule has 3 aliphatic rings. The first kappa shape index (κ1) is 7.84. The Bertz CT molecular complexity index is 246. The molecular formula is C13H18. The molecule has 0 nitrogen and oxygen atoms in total. The molecule has 0 radical (unpaired) electrons. The largest absolute Gasteiger partial charge is 0.0775 e. The van der Waals surface area contributed by atoms with E-state index in [4.69, 9.17) is 0 Å². The molecule has 2 fully saturated rings. The Morgan fingerprint density at radius 2 is 1.08 bits per heavy atom. The predicted molar refractivity (Wildman–Crippen MR) is 55.5 cm³/mol. The van der Waals surface area contributed by atoms with Gasteiger partial charge in [0.25, 0.3) is 0 Å². The van der Waals surface area contributed by atoms with Gasteiger partial charge in [-0.2, -0.15) is 0 Å². The third-order valence-corrected chi connectivity index (χ3v) is 4.67. The molecule has 0 heterocycles. The zero-order valence-corrected chi connectivity index (χ0v) is 8.26. The first-order valence-electron chi connectivity index (χ1n) is 5.74. The van der Waals surface area contributed by atoms with Crippen molar-refractivity contribution in [1.82, 2.24) is 0 Å². The topological polar surface area (TPSA) is 0 Å². The van der Waals surface area contributed by atoms with Crippen LogP contribution in [0.25, 0.3) is 0 Å². The Morgan fingerprint density at radius 1 is 0.615 bits per heavy atom. The fourth-order valence-corrected chi connectivity index (χ4v) is 3.99. The molecule has 0 unspecified atom stereocenters. The van der Waals surface area contributed by atoms with Crippen molar-refractivity contribution >= 4 is 0 Å². The van der Waals surface area contributed by atoms with Crippen LogP contribution in [0.1, 0.15) is 44.9 Å². The number of allylic oxidation sites excluding steroid dienone is 4. The van der Waals surface area contributed by atoms with Crippen molar-refractivity contribution in [3.8, 4) is 0 Å². The summed E-state index contributed by atoms with van der Waals surface area (Å²) in [6, 6.07) is 0. The average Bonchev–Trinajstić information content (AvgIpc) is 2.56. The van der Waals surface area contributed by atoms with E-state index in [1.54, 1.807) is 0 Å². The van der Waals surface area contributed by atoms with Crippen LogP contribution in [0, 0.1) is 10.8 Å². The molecule has 0 aromatic rings. The summed E-state index contributed by atoms with van der Waals surface area (Å²) >= 11 is 0. The minimum atomic E-state index is 0.597. The molecule has 0 aromatic heterocycles. The number of rotatable bonds is 0. The molecule has 0 aliphatic heterocycles. The van der Waals surface area contributed by atoms with E-state index < -0.39 is 0 Å². The van der Waals surface area contributed by atoms with Crippen molar-refractivity contribution in [3.63, 3.8) is 0 Å². The molecule has 13 heavy (non-hydrogen) atoms. The van der Waals surface area contributed by atoms with Crippen LogP contribution in [0.3, 0.4) is 0 Å². The molecule has 3 rings (SSSR count). The van der Waals surface area contributed by atoms with E-state index in [2.05, 4.69) is 24.3 Å². The van der Waals surface area contributed by atoms with Crippen LogP contribution < -0.4 is 0 Å². The van der Waals surface area contributed by atoms with Gasteiger partial charge in [-0.05, 0) is 36.5 Å². The molecule has 2 saturated carbocycles.